The minimum Gasteiger partial charge on any atom is -0.477 e. The van der Waals surface area contributed by atoms with Crippen LogP contribution in [0.5, 0.6) is 0 Å². The average molecular weight is 327 g/mol. The number of thiazole rings is 1. The first kappa shape index (κ1) is 15.4. The maximum Gasteiger partial charge on any atom is 0.347 e. The van der Waals surface area contributed by atoms with Gasteiger partial charge in [0.25, 0.3) is 0 Å². The Morgan fingerprint density at radius 3 is 2.52 bits per heavy atom. The highest BCUT2D eigenvalue weighted by Gasteiger charge is 2.08. The zero-order chi connectivity index (χ0) is 15.5. The van der Waals surface area contributed by atoms with Gasteiger partial charge in [-0.1, -0.05) is 23.5 Å². The van der Waals surface area contributed by atoms with Crippen LogP contribution in [0, 0.1) is 0 Å². The molecule has 1 aromatic heterocycles. The SMILES string of the molecule is NS(=O)(=O)c1ccc(CCNc2ncc(C(=O)O)s2)cc1. The van der Waals surface area contributed by atoms with E-state index in [0.29, 0.717) is 18.1 Å². The molecule has 9 heteroatoms. The van der Waals surface area contributed by atoms with Crippen molar-refractivity contribution >= 4 is 32.5 Å². The molecule has 7 nitrogen and oxygen atoms in total. The molecule has 0 saturated heterocycles. The molecular formula is C12H13N3O4S2. The first-order valence-electron chi connectivity index (χ1n) is 5.91. The van der Waals surface area contributed by atoms with Crippen molar-refractivity contribution in [1.82, 2.24) is 4.98 Å². The van der Waals surface area contributed by atoms with E-state index in [9.17, 15) is 13.2 Å². The standard InChI is InChI=1S/C12H13N3O4S2/c13-21(18,19)9-3-1-8(2-4-9)5-6-14-12-15-7-10(20-12)11(16)17/h1-4,7H,5-6H2,(H,14,15)(H,16,17)(H2,13,18,19). The Balaban J connectivity index is 1.89. The lowest BCUT2D eigenvalue weighted by molar-refractivity contribution is 0.0702. The van der Waals surface area contributed by atoms with Crippen LogP contribution >= 0.6 is 11.3 Å². The van der Waals surface area contributed by atoms with Gasteiger partial charge in [0.05, 0.1) is 11.1 Å². The van der Waals surface area contributed by atoms with Crippen LogP contribution in [0.25, 0.3) is 0 Å². The Kier molecular flexibility index (Phi) is 4.56. The van der Waals surface area contributed by atoms with E-state index >= 15 is 0 Å². The van der Waals surface area contributed by atoms with Crippen LogP contribution < -0.4 is 10.5 Å². The molecule has 0 aliphatic heterocycles. The molecule has 0 spiro atoms. The third-order valence-electron chi connectivity index (χ3n) is 2.66. The molecule has 0 unspecified atom stereocenters. The van der Waals surface area contributed by atoms with Crippen molar-refractivity contribution in [3.8, 4) is 0 Å². The number of primary sulfonamides is 1. The van der Waals surface area contributed by atoms with E-state index in [1.54, 1.807) is 12.1 Å². The number of hydrogen-bond donors (Lipinski definition) is 3. The topological polar surface area (TPSA) is 122 Å². The number of nitrogens with two attached hydrogens (primary N) is 1. The minimum absolute atomic E-state index is 0.0743. The van der Waals surface area contributed by atoms with E-state index < -0.39 is 16.0 Å². The Labute approximate surface area is 125 Å². The summed E-state index contributed by atoms with van der Waals surface area (Å²) in [6, 6.07) is 6.28. The van der Waals surface area contributed by atoms with Gasteiger partial charge in [0.1, 0.15) is 4.88 Å². The van der Waals surface area contributed by atoms with Gasteiger partial charge in [-0.2, -0.15) is 0 Å². The van der Waals surface area contributed by atoms with Gasteiger partial charge in [-0.15, -0.1) is 0 Å². The predicted molar refractivity (Wildman–Crippen MR) is 79.1 cm³/mol. The van der Waals surface area contributed by atoms with Gasteiger partial charge in [-0.25, -0.2) is 23.3 Å². The van der Waals surface area contributed by atoms with E-state index in [2.05, 4.69) is 10.3 Å². The molecule has 112 valence electrons. The summed E-state index contributed by atoms with van der Waals surface area (Å²) in [5.41, 5.74) is 0.935. The van der Waals surface area contributed by atoms with Gasteiger partial charge < -0.3 is 10.4 Å². The lowest BCUT2D eigenvalue weighted by Crippen LogP contribution is -2.12. The predicted octanol–water partition coefficient (Wildman–Crippen LogP) is 1.14. The second-order valence-corrected chi connectivity index (χ2v) is 6.79. The molecule has 0 bridgehead atoms. The molecule has 0 fully saturated rings. The Morgan fingerprint density at radius 1 is 1.33 bits per heavy atom. The summed E-state index contributed by atoms with van der Waals surface area (Å²) in [5.74, 6) is -1.00. The summed E-state index contributed by atoms with van der Waals surface area (Å²) in [6.07, 6.45) is 1.95. The number of nitrogens with zero attached hydrogens (tertiary/aromatic N) is 1. The highest BCUT2D eigenvalue weighted by molar-refractivity contribution is 7.89. The molecule has 1 aromatic carbocycles. The number of hydrogen-bond acceptors (Lipinski definition) is 6. The number of rotatable bonds is 6. The van der Waals surface area contributed by atoms with E-state index in [1.165, 1.54) is 18.3 Å². The fraction of sp³-hybridized carbons (Fsp3) is 0.167. The molecule has 0 aliphatic carbocycles. The molecule has 0 atom stereocenters. The van der Waals surface area contributed by atoms with Crippen molar-refractivity contribution in [1.29, 1.82) is 0 Å². The first-order chi connectivity index (χ1) is 9.86. The number of aromatic nitrogens is 1. The molecule has 0 amide bonds. The van der Waals surface area contributed by atoms with Crippen LogP contribution in [0.1, 0.15) is 15.2 Å². The van der Waals surface area contributed by atoms with Crippen molar-refractivity contribution in [3.63, 3.8) is 0 Å². The smallest absolute Gasteiger partial charge is 0.347 e. The molecular weight excluding hydrogens is 314 g/mol. The summed E-state index contributed by atoms with van der Waals surface area (Å²) in [7, 11) is -3.67. The van der Waals surface area contributed by atoms with Crippen LogP contribution in [0.4, 0.5) is 5.13 Å². The number of anilines is 1. The van der Waals surface area contributed by atoms with Gasteiger partial charge in [-0.3, -0.25) is 0 Å². The fourth-order valence-corrected chi connectivity index (χ4v) is 2.81. The third kappa shape index (κ3) is 4.25. The van der Waals surface area contributed by atoms with Gasteiger partial charge in [0.2, 0.25) is 10.0 Å². The average Bonchev–Trinajstić information content (AvgIpc) is 2.87. The number of carbonyl (C=O) groups is 1. The number of nitrogens with one attached hydrogen (secondary N) is 1. The fourth-order valence-electron chi connectivity index (χ4n) is 1.61. The molecule has 0 saturated carbocycles. The molecule has 2 aromatic rings. The quantitative estimate of drug-likeness (QED) is 0.731. The van der Waals surface area contributed by atoms with Gasteiger partial charge in [0, 0.05) is 6.54 Å². The molecule has 1 heterocycles. The number of benzene rings is 1. The lowest BCUT2D eigenvalue weighted by atomic mass is 10.1. The van der Waals surface area contributed by atoms with Crippen molar-refractivity contribution in [2.45, 2.75) is 11.3 Å². The zero-order valence-electron chi connectivity index (χ0n) is 10.8. The van der Waals surface area contributed by atoms with Crippen LogP contribution in [0.3, 0.4) is 0 Å². The maximum atomic E-state index is 11.1. The highest BCUT2D eigenvalue weighted by Crippen LogP contribution is 2.18. The number of aromatic carboxylic acids is 1. The van der Waals surface area contributed by atoms with E-state index in [1.807, 2.05) is 0 Å². The van der Waals surface area contributed by atoms with Crippen LogP contribution in [0.2, 0.25) is 0 Å². The lowest BCUT2D eigenvalue weighted by Gasteiger charge is -2.04. The Morgan fingerprint density at radius 2 is 2.00 bits per heavy atom. The van der Waals surface area contributed by atoms with Crippen LogP contribution in [0.15, 0.2) is 35.4 Å². The molecule has 2 rings (SSSR count). The van der Waals surface area contributed by atoms with Crippen molar-refractivity contribution in [2.75, 3.05) is 11.9 Å². The summed E-state index contributed by atoms with van der Waals surface area (Å²) in [4.78, 5) is 14.9. The van der Waals surface area contributed by atoms with E-state index in [-0.39, 0.29) is 9.77 Å². The van der Waals surface area contributed by atoms with Gasteiger partial charge in [-0.05, 0) is 24.1 Å². The van der Waals surface area contributed by atoms with Crippen molar-refractivity contribution < 1.29 is 18.3 Å². The zero-order valence-corrected chi connectivity index (χ0v) is 12.4. The third-order valence-corrected chi connectivity index (χ3v) is 4.53. The largest absolute Gasteiger partial charge is 0.477 e. The summed E-state index contributed by atoms with van der Waals surface area (Å²) in [6.45, 7) is 0.557. The molecule has 0 aliphatic rings. The number of sulfonamides is 1. The minimum atomic E-state index is -3.67. The molecule has 0 radical (unpaired) electrons. The van der Waals surface area contributed by atoms with Gasteiger partial charge >= 0.3 is 5.97 Å². The van der Waals surface area contributed by atoms with Crippen LogP contribution in [-0.4, -0.2) is 31.0 Å². The van der Waals surface area contributed by atoms with E-state index in [0.717, 1.165) is 16.9 Å². The van der Waals surface area contributed by atoms with Gasteiger partial charge in [0.15, 0.2) is 5.13 Å². The molecule has 21 heavy (non-hydrogen) atoms. The maximum absolute atomic E-state index is 11.1. The van der Waals surface area contributed by atoms with E-state index in [4.69, 9.17) is 10.2 Å². The summed E-state index contributed by atoms with van der Waals surface area (Å²) in [5, 5.41) is 17.3. The monoisotopic (exact) mass is 327 g/mol. The second kappa shape index (κ2) is 6.20. The van der Waals surface area contributed by atoms with Crippen LogP contribution in [-0.2, 0) is 16.4 Å². The summed E-state index contributed by atoms with van der Waals surface area (Å²) < 4.78 is 22.2. The Hall–Kier alpha value is -1.97. The van der Waals surface area contributed by atoms with Crippen molar-refractivity contribution in [3.05, 3.63) is 40.9 Å². The highest BCUT2D eigenvalue weighted by atomic mass is 32.2. The molecule has 4 N–H and O–H groups in total. The first-order valence-corrected chi connectivity index (χ1v) is 8.27. The number of carboxylic acids is 1. The summed E-state index contributed by atoms with van der Waals surface area (Å²) >= 11 is 1.06. The second-order valence-electron chi connectivity index (χ2n) is 4.20. The van der Waals surface area contributed by atoms with Crippen molar-refractivity contribution in [2.24, 2.45) is 5.14 Å². The number of carboxylic acid groups (broad SMARTS) is 1. The normalized spacial score (nSPS) is 11.3. The Bertz CT molecular complexity index is 738.